The third kappa shape index (κ3) is 2.09. The summed E-state index contributed by atoms with van der Waals surface area (Å²) >= 11 is 3.49. The maximum atomic E-state index is 12.8. The Hall–Kier alpha value is -1.88. The smallest absolute Gasteiger partial charge is 0.123 e. The molecule has 0 atom stereocenters. The second-order valence-electron chi connectivity index (χ2n) is 3.92. The van der Waals surface area contributed by atoms with Gasteiger partial charge in [0.1, 0.15) is 5.82 Å². The highest BCUT2D eigenvalue weighted by Crippen LogP contribution is 2.29. The summed E-state index contributed by atoms with van der Waals surface area (Å²) in [6, 6.07) is 10.2. The van der Waals surface area contributed by atoms with E-state index in [1.54, 1.807) is 18.3 Å². The number of hydrogen-bond acceptors (Lipinski definition) is 2. The molecular weight excluding hydrogens is 297 g/mol. The van der Waals surface area contributed by atoms with Gasteiger partial charge in [0.15, 0.2) is 0 Å². The lowest BCUT2D eigenvalue weighted by Crippen LogP contribution is -1.91. The van der Waals surface area contributed by atoms with E-state index in [0.29, 0.717) is 0 Å². The first kappa shape index (κ1) is 11.2. The molecule has 0 bridgehead atoms. The lowest BCUT2D eigenvalue weighted by Gasteiger charge is -2.08. The molecule has 0 spiro atoms. The number of nitrogens with zero attached hydrogens (tertiary/aromatic N) is 1. The number of anilines is 2. The lowest BCUT2D eigenvalue weighted by atomic mass is 10.2. The van der Waals surface area contributed by atoms with Crippen molar-refractivity contribution < 1.29 is 4.39 Å². The van der Waals surface area contributed by atoms with E-state index in [-0.39, 0.29) is 5.82 Å². The van der Waals surface area contributed by atoms with E-state index >= 15 is 0 Å². The quantitative estimate of drug-likeness (QED) is 0.744. The fourth-order valence-corrected chi connectivity index (χ4v) is 2.19. The summed E-state index contributed by atoms with van der Waals surface area (Å²) < 4.78 is 13.7. The van der Waals surface area contributed by atoms with Crippen LogP contribution in [0.2, 0.25) is 0 Å². The monoisotopic (exact) mass is 305 g/mol. The van der Waals surface area contributed by atoms with E-state index in [0.717, 1.165) is 26.8 Å². The number of nitrogens with one attached hydrogen (secondary N) is 2. The Balaban J connectivity index is 1.98. The van der Waals surface area contributed by atoms with Crippen LogP contribution in [0.5, 0.6) is 0 Å². The molecule has 90 valence electrons. The number of rotatable bonds is 2. The van der Waals surface area contributed by atoms with Crippen molar-refractivity contribution in [2.75, 3.05) is 5.32 Å². The predicted octanol–water partition coefficient (Wildman–Crippen LogP) is 4.21. The van der Waals surface area contributed by atoms with Gasteiger partial charge in [-0.15, -0.1) is 0 Å². The largest absolute Gasteiger partial charge is 0.355 e. The third-order valence-electron chi connectivity index (χ3n) is 2.65. The summed E-state index contributed by atoms with van der Waals surface area (Å²) in [5.41, 5.74) is 2.71. The third-order valence-corrected chi connectivity index (χ3v) is 3.31. The van der Waals surface area contributed by atoms with E-state index in [1.807, 2.05) is 12.1 Å². The molecule has 1 aromatic heterocycles. The second kappa shape index (κ2) is 4.42. The summed E-state index contributed by atoms with van der Waals surface area (Å²) in [5.74, 6) is -0.245. The molecular formula is C13H9BrFN3. The molecule has 5 heteroatoms. The Morgan fingerprint density at radius 3 is 2.72 bits per heavy atom. The summed E-state index contributed by atoms with van der Waals surface area (Å²) in [4.78, 5) is 0. The fraction of sp³-hybridized carbons (Fsp3) is 0. The van der Waals surface area contributed by atoms with Crippen LogP contribution in [0.4, 0.5) is 15.8 Å². The molecule has 0 saturated carbocycles. The minimum Gasteiger partial charge on any atom is -0.355 e. The highest BCUT2D eigenvalue weighted by atomic mass is 79.9. The van der Waals surface area contributed by atoms with Gasteiger partial charge in [-0.05, 0) is 52.3 Å². The summed E-state index contributed by atoms with van der Waals surface area (Å²) in [6.45, 7) is 0. The van der Waals surface area contributed by atoms with Gasteiger partial charge in [-0.2, -0.15) is 5.10 Å². The average Bonchev–Trinajstić information content (AvgIpc) is 2.79. The zero-order chi connectivity index (χ0) is 12.5. The van der Waals surface area contributed by atoms with Crippen molar-refractivity contribution in [1.82, 2.24) is 10.2 Å². The van der Waals surface area contributed by atoms with E-state index < -0.39 is 0 Å². The van der Waals surface area contributed by atoms with Gasteiger partial charge >= 0.3 is 0 Å². The van der Waals surface area contributed by atoms with Crippen LogP contribution >= 0.6 is 15.9 Å². The van der Waals surface area contributed by atoms with Gasteiger partial charge < -0.3 is 5.32 Å². The van der Waals surface area contributed by atoms with Gasteiger partial charge in [0, 0.05) is 15.5 Å². The van der Waals surface area contributed by atoms with E-state index in [4.69, 9.17) is 0 Å². The molecule has 0 fully saturated rings. The SMILES string of the molecule is Fc1ccc(Nc2cc3cn[nH]c3cc2Br)cc1. The number of aromatic amines is 1. The molecule has 0 saturated heterocycles. The van der Waals surface area contributed by atoms with Crippen LogP contribution in [-0.2, 0) is 0 Å². The number of hydrogen-bond donors (Lipinski definition) is 2. The van der Waals surface area contributed by atoms with Gasteiger partial charge in [-0.25, -0.2) is 4.39 Å². The van der Waals surface area contributed by atoms with Crippen molar-refractivity contribution in [2.45, 2.75) is 0 Å². The minimum atomic E-state index is -0.245. The Morgan fingerprint density at radius 2 is 1.94 bits per heavy atom. The highest BCUT2D eigenvalue weighted by molar-refractivity contribution is 9.10. The summed E-state index contributed by atoms with van der Waals surface area (Å²) in [5, 5.41) is 11.1. The molecule has 0 aliphatic rings. The minimum absolute atomic E-state index is 0.245. The number of H-pyrrole nitrogens is 1. The Bertz CT molecular complexity index is 691. The van der Waals surface area contributed by atoms with Crippen LogP contribution < -0.4 is 5.32 Å². The topological polar surface area (TPSA) is 40.7 Å². The molecule has 0 amide bonds. The highest BCUT2D eigenvalue weighted by Gasteiger charge is 2.04. The van der Waals surface area contributed by atoms with Crippen molar-refractivity contribution in [2.24, 2.45) is 0 Å². The molecule has 2 aromatic carbocycles. The maximum absolute atomic E-state index is 12.8. The summed E-state index contributed by atoms with van der Waals surface area (Å²) in [6.07, 6.45) is 1.76. The van der Waals surface area contributed by atoms with Crippen LogP contribution in [0, 0.1) is 5.82 Å². The van der Waals surface area contributed by atoms with Crippen molar-refractivity contribution in [3.05, 3.63) is 52.9 Å². The Labute approximate surface area is 111 Å². The van der Waals surface area contributed by atoms with Crippen molar-refractivity contribution in [3.8, 4) is 0 Å². The first-order chi connectivity index (χ1) is 8.72. The van der Waals surface area contributed by atoms with Gasteiger partial charge in [0.25, 0.3) is 0 Å². The summed E-state index contributed by atoms with van der Waals surface area (Å²) in [7, 11) is 0. The van der Waals surface area contributed by atoms with E-state index in [1.165, 1.54) is 12.1 Å². The second-order valence-corrected chi connectivity index (χ2v) is 4.78. The standard InChI is InChI=1S/C13H9BrFN3/c14-11-6-12-8(7-16-18-12)5-13(11)17-10-3-1-9(15)2-4-10/h1-7,17H,(H,16,18). The zero-order valence-electron chi connectivity index (χ0n) is 9.24. The Kier molecular flexibility index (Phi) is 2.76. The molecule has 0 aliphatic carbocycles. The molecule has 1 heterocycles. The predicted molar refractivity (Wildman–Crippen MR) is 73.5 cm³/mol. The molecule has 0 aliphatic heterocycles. The normalized spacial score (nSPS) is 10.8. The van der Waals surface area contributed by atoms with Crippen LogP contribution in [-0.4, -0.2) is 10.2 Å². The Morgan fingerprint density at radius 1 is 1.17 bits per heavy atom. The van der Waals surface area contributed by atoms with E-state index in [9.17, 15) is 4.39 Å². The first-order valence-electron chi connectivity index (χ1n) is 5.37. The molecule has 3 nitrogen and oxygen atoms in total. The maximum Gasteiger partial charge on any atom is 0.123 e. The van der Waals surface area contributed by atoms with Crippen LogP contribution in [0.3, 0.4) is 0 Å². The van der Waals surface area contributed by atoms with E-state index in [2.05, 4.69) is 31.4 Å². The first-order valence-corrected chi connectivity index (χ1v) is 6.17. The van der Waals surface area contributed by atoms with Crippen molar-refractivity contribution in [1.29, 1.82) is 0 Å². The lowest BCUT2D eigenvalue weighted by molar-refractivity contribution is 0.628. The number of fused-ring (bicyclic) bond motifs is 1. The molecule has 3 rings (SSSR count). The van der Waals surface area contributed by atoms with Crippen LogP contribution in [0.25, 0.3) is 10.9 Å². The van der Waals surface area contributed by atoms with Gasteiger partial charge in [-0.1, -0.05) is 0 Å². The molecule has 0 unspecified atom stereocenters. The van der Waals surface area contributed by atoms with Crippen LogP contribution in [0.1, 0.15) is 0 Å². The van der Waals surface area contributed by atoms with Crippen molar-refractivity contribution in [3.63, 3.8) is 0 Å². The number of benzene rings is 2. The molecule has 18 heavy (non-hydrogen) atoms. The van der Waals surface area contributed by atoms with Crippen molar-refractivity contribution >= 4 is 38.2 Å². The molecule has 3 aromatic rings. The van der Waals surface area contributed by atoms with Crippen LogP contribution in [0.15, 0.2) is 47.1 Å². The number of aromatic nitrogens is 2. The molecule has 0 radical (unpaired) electrons. The zero-order valence-corrected chi connectivity index (χ0v) is 10.8. The van der Waals surface area contributed by atoms with Gasteiger partial charge in [-0.3, -0.25) is 5.10 Å². The molecule has 2 N–H and O–H groups in total. The fourth-order valence-electron chi connectivity index (χ4n) is 1.75. The number of halogens is 2. The van der Waals surface area contributed by atoms with Gasteiger partial charge in [0.05, 0.1) is 17.4 Å². The average molecular weight is 306 g/mol. The van der Waals surface area contributed by atoms with Gasteiger partial charge in [0.2, 0.25) is 0 Å².